The largest absolute Gasteiger partial charge is 0.444 e. The maximum Gasteiger partial charge on any atom is 0.410 e. The molecule has 1 saturated heterocycles. The van der Waals surface area contributed by atoms with Crippen LogP contribution in [0.15, 0.2) is 18.2 Å². The van der Waals surface area contributed by atoms with Gasteiger partial charge in [0, 0.05) is 25.2 Å². The van der Waals surface area contributed by atoms with Crippen molar-refractivity contribution in [2.45, 2.75) is 59.5 Å². The van der Waals surface area contributed by atoms with E-state index in [9.17, 15) is 9.59 Å². The molecule has 5 nitrogen and oxygen atoms in total. The predicted molar refractivity (Wildman–Crippen MR) is 99.7 cm³/mol. The lowest BCUT2D eigenvalue weighted by Gasteiger charge is -2.24. The van der Waals surface area contributed by atoms with Crippen LogP contribution in [-0.2, 0) is 9.53 Å². The summed E-state index contributed by atoms with van der Waals surface area (Å²) in [7, 11) is 0. The fourth-order valence-corrected chi connectivity index (χ4v) is 3.17. The lowest BCUT2D eigenvalue weighted by Crippen LogP contribution is -2.35. The second-order valence-electron chi connectivity index (χ2n) is 8.04. The summed E-state index contributed by atoms with van der Waals surface area (Å²) in [6.07, 6.45) is 1.93. The molecule has 1 aliphatic heterocycles. The molecule has 0 bridgehead atoms. The third-order valence-corrected chi connectivity index (χ3v) is 4.22. The van der Waals surface area contributed by atoms with Gasteiger partial charge in [-0.15, -0.1) is 0 Å². The van der Waals surface area contributed by atoms with Crippen molar-refractivity contribution in [3.63, 3.8) is 0 Å². The number of carbonyl (C=O) groups excluding carboxylic acids is 2. The Balaban J connectivity index is 1.76. The van der Waals surface area contributed by atoms with Gasteiger partial charge in [-0.3, -0.25) is 4.79 Å². The van der Waals surface area contributed by atoms with Gasteiger partial charge in [-0.2, -0.15) is 0 Å². The SMILES string of the molecule is Cc1cc(C)cc(NC(=O)CC[C@H]2CCN(C(=O)OC(C)(C)C)C2)c1. The Hall–Kier alpha value is -2.04. The number of anilines is 1. The zero-order valence-electron chi connectivity index (χ0n) is 16.0. The Bertz CT molecular complexity index is 614. The molecule has 1 aliphatic rings. The minimum atomic E-state index is -0.471. The van der Waals surface area contributed by atoms with Gasteiger partial charge in [0.25, 0.3) is 0 Å². The standard InChI is InChI=1S/C20H30N2O3/c1-14-10-15(2)12-17(11-14)21-18(23)7-6-16-8-9-22(13-16)19(24)25-20(3,4)5/h10-12,16H,6-9,13H2,1-5H3,(H,21,23)/t16-/m0/s1. The van der Waals surface area contributed by atoms with E-state index in [1.165, 1.54) is 0 Å². The minimum Gasteiger partial charge on any atom is -0.444 e. The fraction of sp³-hybridized carbons (Fsp3) is 0.600. The normalized spacial score (nSPS) is 17.5. The molecular formula is C20H30N2O3. The molecule has 5 heteroatoms. The third kappa shape index (κ3) is 6.40. The van der Waals surface area contributed by atoms with Crippen molar-refractivity contribution in [2.75, 3.05) is 18.4 Å². The maximum absolute atomic E-state index is 12.2. The van der Waals surface area contributed by atoms with Crippen molar-refractivity contribution < 1.29 is 14.3 Å². The molecule has 2 rings (SSSR count). The summed E-state index contributed by atoms with van der Waals surface area (Å²) in [5, 5.41) is 2.97. The van der Waals surface area contributed by atoms with E-state index in [0.717, 1.165) is 29.7 Å². The molecule has 1 N–H and O–H groups in total. The third-order valence-electron chi connectivity index (χ3n) is 4.22. The maximum atomic E-state index is 12.2. The number of rotatable bonds is 4. The fourth-order valence-electron chi connectivity index (χ4n) is 3.17. The summed E-state index contributed by atoms with van der Waals surface area (Å²) in [6, 6.07) is 6.04. The number of likely N-dealkylation sites (tertiary alicyclic amines) is 1. The zero-order chi connectivity index (χ0) is 18.6. The minimum absolute atomic E-state index is 0.0284. The van der Waals surface area contributed by atoms with Crippen LogP contribution in [0.5, 0.6) is 0 Å². The first-order valence-electron chi connectivity index (χ1n) is 8.98. The second kappa shape index (κ2) is 7.89. The average molecular weight is 346 g/mol. The number of benzene rings is 1. The molecule has 0 saturated carbocycles. The van der Waals surface area contributed by atoms with Crippen molar-refractivity contribution in [3.8, 4) is 0 Å². The van der Waals surface area contributed by atoms with Gasteiger partial charge >= 0.3 is 6.09 Å². The van der Waals surface area contributed by atoms with Crippen molar-refractivity contribution in [2.24, 2.45) is 5.92 Å². The van der Waals surface area contributed by atoms with Gasteiger partial charge in [-0.05, 0) is 76.6 Å². The summed E-state index contributed by atoms with van der Waals surface area (Å²) >= 11 is 0. The zero-order valence-corrected chi connectivity index (χ0v) is 16.0. The Morgan fingerprint density at radius 3 is 2.44 bits per heavy atom. The molecule has 1 aromatic carbocycles. The molecule has 138 valence electrons. The topological polar surface area (TPSA) is 58.6 Å². The monoisotopic (exact) mass is 346 g/mol. The van der Waals surface area contributed by atoms with Crippen LogP contribution in [-0.4, -0.2) is 35.6 Å². The van der Waals surface area contributed by atoms with E-state index in [4.69, 9.17) is 4.74 Å². The van der Waals surface area contributed by atoms with E-state index < -0.39 is 5.60 Å². The van der Waals surface area contributed by atoms with E-state index in [0.29, 0.717) is 25.4 Å². The Labute approximate surface area is 150 Å². The summed E-state index contributed by atoms with van der Waals surface area (Å²) in [4.78, 5) is 26.0. The van der Waals surface area contributed by atoms with Crippen LogP contribution in [0.1, 0.15) is 51.2 Å². The lowest BCUT2D eigenvalue weighted by molar-refractivity contribution is -0.116. The van der Waals surface area contributed by atoms with Gasteiger partial charge < -0.3 is 15.0 Å². The van der Waals surface area contributed by atoms with E-state index in [1.807, 2.05) is 46.8 Å². The Morgan fingerprint density at radius 2 is 1.84 bits per heavy atom. The van der Waals surface area contributed by atoms with Crippen molar-refractivity contribution in [3.05, 3.63) is 29.3 Å². The number of nitrogens with one attached hydrogen (secondary N) is 1. The number of aryl methyl sites for hydroxylation is 2. The molecule has 1 atom stereocenters. The van der Waals surface area contributed by atoms with Crippen LogP contribution >= 0.6 is 0 Å². The summed E-state index contributed by atoms with van der Waals surface area (Å²) in [5.41, 5.74) is 2.66. The molecule has 1 fully saturated rings. The molecule has 25 heavy (non-hydrogen) atoms. The van der Waals surface area contributed by atoms with E-state index in [-0.39, 0.29) is 12.0 Å². The van der Waals surface area contributed by atoms with Gasteiger partial charge in [0.05, 0.1) is 0 Å². The Morgan fingerprint density at radius 1 is 1.20 bits per heavy atom. The van der Waals surface area contributed by atoms with Crippen LogP contribution in [0.3, 0.4) is 0 Å². The number of hydrogen-bond donors (Lipinski definition) is 1. The average Bonchev–Trinajstić information content (AvgIpc) is 2.91. The van der Waals surface area contributed by atoms with E-state index in [2.05, 4.69) is 11.4 Å². The highest BCUT2D eigenvalue weighted by molar-refractivity contribution is 5.90. The van der Waals surface area contributed by atoms with Crippen LogP contribution in [0, 0.1) is 19.8 Å². The molecule has 0 aliphatic carbocycles. The molecule has 2 amide bonds. The number of amides is 2. The lowest BCUT2D eigenvalue weighted by atomic mass is 10.0. The van der Waals surface area contributed by atoms with E-state index >= 15 is 0 Å². The number of hydrogen-bond acceptors (Lipinski definition) is 3. The van der Waals surface area contributed by atoms with Gasteiger partial charge in [-0.25, -0.2) is 4.79 Å². The molecular weight excluding hydrogens is 316 g/mol. The number of nitrogens with zero attached hydrogens (tertiary/aromatic N) is 1. The Kier molecular flexibility index (Phi) is 6.09. The van der Waals surface area contributed by atoms with Crippen LogP contribution in [0.2, 0.25) is 0 Å². The quantitative estimate of drug-likeness (QED) is 0.885. The summed E-state index contributed by atoms with van der Waals surface area (Å²) < 4.78 is 5.40. The number of ether oxygens (including phenoxy) is 1. The highest BCUT2D eigenvalue weighted by Gasteiger charge is 2.29. The van der Waals surface area contributed by atoms with Crippen LogP contribution in [0.25, 0.3) is 0 Å². The smallest absolute Gasteiger partial charge is 0.410 e. The second-order valence-corrected chi connectivity index (χ2v) is 8.04. The molecule has 1 aromatic rings. The first-order valence-corrected chi connectivity index (χ1v) is 8.98. The number of carbonyl (C=O) groups is 2. The molecule has 0 radical (unpaired) electrons. The first-order chi connectivity index (χ1) is 11.6. The highest BCUT2D eigenvalue weighted by atomic mass is 16.6. The van der Waals surface area contributed by atoms with Crippen LogP contribution in [0.4, 0.5) is 10.5 Å². The predicted octanol–water partition coefficient (Wildman–Crippen LogP) is 4.28. The molecule has 1 heterocycles. The summed E-state index contributed by atoms with van der Waals surface area (Å²) in [5.74, 6) is 0.387. The molecule has 0 spiro atoms. The van der Waals surface area contributed by atoms with Crippen molar-refractivity contribution in [1.82, 2.24) is 4.90 Å². The van der Waals surface area contributed by atoms with Gasteiger partial charge in [0.15, 0.2) is 0 Å². The van der Waals surface area contributed by atoms with Gasteiger partial charge in [-0.1, -0.05) is 6.07 Å². The van der Waals surface area contributed by atoms with E-state index in [1.54, 1.807) is 4.90 Å². The molecule has 0 aromatic heterocycles. The highest BCUT2D eigenvalue weighted by Crippen LogP contribution is 2.23. The first kappa shape index (κ1) is 19.3. The van der Waals surface area contributed by atoms with Crippen molar-refractivity contribution in [1.29, 1.82) is 0 Å². The summed E-state index contributed by atoms with van der Waals surface area (Å²) in [6.45, 7) is 11.0. The molecule has 0 unspecified atom stereocenters. The van der Waals surface area contributed by atoms with Crippen molar-refractivity contribution >= 4 is 17.7 Å². The van der Waals surface area contributed by atoms with Gasteiger partial charge in [0.1, 0.15) is 5.60 Å². The van der Waals surface area contributed by atoms with Crippen LogP contribution < -0.4 is 5.32 Å². The van der Waals surface area contributed by atoms with Gasteiger partial charge in [0.2, 0.25) is 5.91 Å².